The van der Waals surface area contributed by atoms with Crippen molar-refractivity contribution in [1.29, 1.82) is 0 Å². The first-order valence-corrected chi connectivity index (χ1v) is 8.13. The predicted molar refractivity (Wildman–Crippen MR) is 85.0 cm³/mol. The van der Waals surface area contributed by atoms with E-state index in [0.29, 0.717) is 11.3 Å². The van der Waals surface area contributed by atoms with E-state index in [2.05, 4.69) is 21.2 Å². The van der Waals surface area contributed by atoms with Gasteiger partial charge < -0.3 is 15.0 Å². The molecule has 114 valence electrons. The Kier molecular flexibility index (Phi) is 4.73. The van der Waals surface area contributed by atoms with Gasteiger partial charge in [-0.2, -0.15) is 0 Å². The van der Waals surface area contributed by atoms with Crippen molar-refractivity contribution < 1.29 is 14.3 Å². The molecule has 1 aliphatic heterocycles. The third-order valence-corrected chi connectivity index (χ3v) is 4.88. The van der Waals surface area contributed by atoms with E-state index in [1.54, 1.807) is 27.8 Å². The molecule has 0 aliphatic carbocycles. The maximum atomic E-state index is 12.4. The van der Waals surface area contributed by atoms with Crippen molar-refractivity contribution >= 4 is 39.3 Å². The van der Waals surface area contributed by atoms with Crippen molar-refractivity contribution in [3.63, 3.8) is 0 Å². The number of amides is 2. The monoisotopic (exact) mass is 372 g/mol. The van der Waals surface area contributed by atoms with E-state index < -0.39 is 12.0 Å². The number of nitrogens with one attached hydrogen (secondary N) is 1. The summed E-state index contributed by atoms with van der Waals surface area (Å²) in [5.41, 5.74) is 1.08. The van der Waals surface area contributed by atoms with Crippen LogP contribution in [0.15, 0.2) is 27.2 Å². The van der Waals surface area contributed by atoms with Crippen LogP contribution in [-0.4, -0.2) is 30.1 Å². The molecule has 1 aliphatic rings. The molecule has 0 radical (unpaired) electrons. The molecule has 7 heteroatoms. The van der Waals surface area contributed by atoms with E-state index in [1.165, 1.54) is 16.2 Å². The van der Waals surface area contributed by atoms with Crippen LogP contribution < -0.4 is 5.32 Å². The normalized spacial score (nSPS) is 19.0. The van der Waals surface area contributed by atoms with Gasteiger partial charge in [0.15, 0.2) is 0 Å². The summed E-state index contributed by atoms with van der Waals surface area (Å²) < 4.78 is 6.26. The van der Waals surface area contributed by atoms with Crippen LogP contribution in [0.25, 0.3) is 0 Å². The number of nitrogens with zero attached hydrogens (tertiary/aromatic N) is 1. The van der Waals surface area contributed by atoms with Crippen LogP contribution in [0.2, 0.25) is 0 Å². The van der Waals surface area contributed by atoms with Crippen molar-refractivity contribution in [2.75, 3.05) is 7.05 Å². The fourth-order valence-electron chi connectivity index (χ4n) is 2.07. The second-order valence-electron chi connectivity index (χ2n) is 5.04. The Bertz CT molecular complexity index is 609. The second-order valence-corrected chi connectivity index (χ2v) is 7.53. The molecule has 0 fully saturated rings. The van der Waals surface area contributed by atoms with Crippen molar-refractivity contribution in [3.8, 4) is 0 Å². The number of rotatable bonds is 3. The maximum absolute atomic E-state index is 12.4. The summed E-state index contributed by atoms with van der Waals surface area (Å²) >= 11 is 4.88. The summed E-state index contributed by atoms with van der Waals surface area (Å²) in [6.45, 7) is 5.36. The molecular weight excluding hydrogens is 356 g/mol. The Balaban J connectivity index is 2.46. The highest BCUT2D eigenvalue weighted by molar-refractivity contribution is 9.11. The number of urea groups is 1. The zero-order valence-electron chi connectivity index (χ0n) is 12.3. The lowest BCUT2D eigenvalue weighted by molar-refractivity contribution is -0.143. The number of hydrogen-bond donors (Lipinski definition) is 1. The molecule has 0 saturated carbocycles. The van der Waals surface area contributed by atoms with Gasteiger partial charge in [0.25, 0.3) is 0 Å². The summed E-state index contributed by atoms with van der Waals surface area (Å²) in [6.07, 6.45) is -0.212. The van der Waals surface area contributed by atoms with Gasteiger partial charge in [-0.1, -0.05) is 0 Å². The molecule has 21 heavy (non-hydrogen) atoms. The minimum absolute atomic E-state index is 0.212. The van der Waals surface area contributed by atoms with Gasteiger partial charge in [-0.25, -0.2) is 9.59 Å². The molecule has 2 rings (SSSR count). The van der Waals surface area contributed by atoms with Gasteiger partial charge in [0.2, 0.25) is 0 Å². The summed E-state index contributed by atoms with van der Waals surface area (Å²) in [5.74, 6) is -0.399. The Morgan fingerprint density at radius 2 is 2.14 bits per heavy atom. The average molecular weight is 373 g/mol. The van der Waals surface area contributed by atoms with Crippen LogP contribution in [0.3, 0.4) is 0 Å². The first-order valence-electron chi connectivity index (χ1n) is 6.52. The smallest absolute Gasteiger partial charge is 0.338 e. The van der Waals surface area contributed by atoms with E-state index in [9.17, 15) is 9.59 Å². The van der Waals surface area contributed by atoms with Crippen LogP contribution >= 0.6 is 27.3 Å². The number of hydrogen-bond acceptors (Lipinski definition) is 4. The summed E-state index contributed by atoms with van der Waals surface area (Å²) in [5, 5.41) is 2.85. The molecule has 1 aromatic rings. The predicted octanol–water partition coefficient (Wildman–Crippen LogP) is 3.43. The lowest BCUT2D eigenvalue weighted by atomic mass is 10.0. The van der Waals surface area contributed by atoms with Crippen molar-refractivity contribution in [3.05, 3.63) is 32.1 Å². The van der Waals surface area contributed by atoms with E-state index in [-0.39, 0.29) is 12.1 Å². The lowest BCUT2D eigenvalue weighted by Gasteiger charge is -2.32. The van der Waals surface area contributed by atoms with Gasteiger partial charge in [0, 0.05) is 17.6 Å². The Morgan fingerprint density at radius 1 is 1.48 bits per heavy atom. The number of thiophene rings is 1. The third-order valence-electron chi connectivity index (χ3n) is 3.20. The largest absolute Gasteiger partial charge is 0.459 e. The number of carbonyl (C=O) groups excluding carboxylic acids is 2. The van der Waals surface area contributed by atoms with Crippen molar-refractivity contribution in [2.24, 2.45) is 0 Å². The molecule has 0 spiro atoms. The molecule has 1 N–H and O–H groups in total. The first-order chi connectivity index (χ1) is 9.81. The van der Waals surface area contributed by atoms with E-state index >= 15 is 0 Å². The highest BCUT2D eigenvalue weighted by atomic mass is 79.9. The van der Waals surface area contributed by atoms with E-state index in [0.717, 1.165) is 8.66 Å². The molecule has 1 atom stereocenters. The quantitative estimate of drug-likeness (QED) is 0.826. The number of allylic oxidation sites excluding steroid dienone is 1. The Labute approximate surface area is 136 Å². The van der Waals surface area contributed by atoms with Gasteiger partial charge in [-0.05, 0) is 48.8 Å². The molecule has 2 heterocycles. The summed E-state index contributed by atoms with van der Waals surface area (Å²) in [6, 6.07) is 3.07. The number of carbonyl (C=O) groups is 2. The number of ether oxygens (including phenoxy) is 1. The van der Waals surface area contributed by atoms with Crippen molar-refractivity contribution in [2.45, 2.75) is 32.9 Å². The van der Waals surface area contributed by atoms with Crippen LogP contribution in [0.1, 0.15) is 31.7 Å². The fraction of sp³-hybridized carbons (Fsp3) is 0.429. The molecule has 0 aromatic carbocycles. The standard InChI is InChI=1S/C14H17BrN2O3S/c1-7(2)20-13(18)11-8(3)17(4)14(19)16-12(11)9-5-6-10(15)21-9/h5-7,12H,1-4H3,(H,16,19)/t12-/m1/s1. The summed E-state index contributed by atoms with van der Waals surface area (Å²) in [4.78, 5) is 26.7. The zero-order chi connectivity index (χ0) is 15.7. The zero-order valence-corrected chi connectivity index (χ0v) is 14.7. The third kappa shape index (κ3) is 3.29. The van der Waals surface area contributed by atoms with Gasteiger partial charge in [-0.3, -0.25) is 0 Å². The number of esters is 1. The Hall–Kier alpha value is -1.34. The summed E-state index contributed by atoms with van der Waals surface area (Å²) in [7, 11) is 1.63. The molecule has 2 amide bonds. The maximum Gasteiger partial charge on any atom is 0.338 e. The molecule has 0 saturated heterocycles. The topological polar surface area (TPSA) is 58.6 Å². The van der Waals surface area contributed by atoms with Crippen LogP contribution in [0, 0.1) is 0 Å². The molecule has 5 nitrogen and oxygen atoms in total. The highest BCUT2D eigenvalue weighted by Crippen LogP contribution is 2.35. The van der Waals surface area contributed by atoms with E-state index in [4.69, 9.17) is 4.74 Å². The van der Waals surface area contributed by atoms with Crippen LogP contribution in [0.4, 0.5) is 4.79 Å². The highest BCUT2D eigenvalue weighted by Gasteiger charge is 2.35. The van der Waals surface area contributed by atoms with Gasteiger partial charge in [0.05, 0.1) is 21.5 Å². The van der Waals surface area contributed by atoms with Gasteiger partial charge in [-0.15, -0.1) is 11.3 Å². The SMILES string of the molecule is CC1=C(C(=O)OC(C)C)[C@@H](c2ccc(Br)s2)NC(=O)N1C. The fourth-order valence-corrected chi connectivity index (χ4v) is 3.56. The first kappa shape index (κ1) is 16.0. The van der Waals surface area contributed by atoms with Gasteiger partial charge >= 0.3 is 12.0 Å². The Morgan fingerprint density at radius 3 is 2.67 bits per heavy atom. The molecule has 0 bridgehead atoms. The van der Waals surface area contributed by atoms with Crippen molar-refractivity contribution in [1.82, 2.24) is 10.2 Å². The van der Waals surface area contributed by atoms with Crippen LogP contribution in [-0.2, 0) is 9.53 Å². The van der Waals surface area contributed by atoms with Crippen LogP contribution in [0.5, 0.6) is 0 Å². The minimum atomic E-state index is -0.476. The number of halogens is 1. The van der Waals surface area contributed by atoms with E-state index in [1.807, 2.05) is 12.1 Å². The second kappa shape index (κ2) is 6.19. The molecular formula is C14H17BrN2O3S. The van der Waals surface area contributed by atoms with Gasteiger partial charge in [0.1, 0.15) is 0 Å². The molecule has 0 unspecified atom stereocenters. The molecule has 1 aromatic heterocycles. The minimum Gasteiger partial charge on any atom is -0.459 e. The lowest BCUT2D eigenvalue weighted by Crippen LogP contribution is -2.46. The average Bonchev–Trinajstić information content (AvgIpc) is 2.81.